The van der Waals surface area contributed by atoms with Gasteiger partial charge in [0.05, 0.1) is 0 Å². The van der Waals surface area contributed by atoms with Gasteiger partial charge in [0, 0.05) is 19.1 Å². The van der Waals surface area contributed by atoms with Crippen LogP contribution in [-0.2, 0) is 0 Å². The van der Waals surface area contributed by atoms with Gasteiger partial charge in [-0.05, 0) is 24.7 Å². The molecular weight excluding hydrogens is 172 g/mol. The molecule has 1 rings (SSSR count). The van der Waals surface area contributed by atoms with E-state index >= 15 is 0 Å². The molecule has 1 atom stereocenters. The highest BCUT2D eigenvalue weighted by Gasteiger charge is 2.24. The number of hydrogen-bond donors (Lipinski definition) is 2. The highest BCUT2D eigenvalue weighted by Crippen LogP contribution is 2.30. The Morgan fingerprint density at radius 2 is 2.07 bits per heavy atom. The van der Waals surface area contributed by atoms with Gasteiger partial charge in [-0.25, -0.2) is 0 Å². The summed E-state index contributed by atoms with van der Waals surface area (Å²) in [5, 5.41) is 3.46. The highest BCUT2D eigenvalue weighted by molar-refractivity contribution is 4.84. The summed E-state index contributed by atoms with van der Waals surface area (Å²) in [5.41, 5.74) is 5.78. The van der Waals surface area contributed by atoms with Crippen molar-refractivity contribution < 1.29 is 0 Å². The summed E-state index contributed by atoms with van der Waals surface area (Å²) >= 11 is 0. The van der Waals surface area contributed by atoms with E-state index in [1.807, 2.05) is 6.08 Å². The topological polar surface area (TPSA) is 38.0 Å². The molecule has 0 saturated heterocycles. The van der Waals surface area contributed by atoms with Crippen molar-refractivity contribution in [1.82, 2.24) is 5.32 Å². The minimum atomic E-state index is 0.500. The van der Waals surface area contributed by atoms with Crippen LogP contribution in [0.3, 0.4) is 0 Å². The van der Waals surface area contributed by atoms with E-state index in [0.717, 1.165) is 24.9 Å². The molecule has 2 heteroatoms. The molecule has 1 fully saturated rings. The molecule has 1 aliphatic carbocycles. The average molecular weight is 196 g/mol. The normalized spacial score (nSPS) is 29.9. The predicted octanol–water partition coefficient (Wildman–Crippen LogP) is 1.92. The summed E-state index contributed by atoms with van der Waals surface area (Å²) in [4.78, 5) is 0. The Balaban J connectivity index is 2.32. The van der Waals surface area contributed by atoms with Gasteiger partial charge >= 0.3 is 0 Å². The van der Waals surface area contributed by atoms with Crippen LogP contribution in [0.1, 0.15) is 32.6 Å². The molecule has 14 heavy (non-hydrogen) atoms. The summed E-state index contributed by atoms with van der Waals surface area (Å²) in [6.07, 6.45) is 7.34. The number of rotatable bonds is 5. The van der Waals surface area contributed by atoms with E-state index in [-0.39, 0.29) is 0 Å². The van der Waals surface area contributed by atoms with Crippen LogP contribution in [-0.4, -0.2) is 19.1 Å². The first kappa shape index (κ1) is 11.7. The minimum absolute atomic E-state index is 0.500. The summed E-state index contributed by atoms with van der Waals surface area (Å²) in [6.45, 7) is 7.71. The molecule has 0 radical (unpaired) electrons. The van der Waals surface area contributed by atoms with Gasteiger partial charge in [0.1, 0.15) is 0 Å². The molecule has 3 N–H and O–H groups in total. The van der Waals surface area contributed by atoms with Crippen molar-refractivity contribution in [3.63, 3.8) is 0 Å². The molecule has 1 saturated carbocycles. The van der Waals surface area contributed by atoms with Crippen LogP contribution in [0.25, 0.3) is 0 Å². The molecular formula is C12H24N2. The van der Waals surface area contributed by atoms with Gasteiger partial charge in [0.25, 0.3) is 0 Å². The first-order chi connectivity index (χ1) is 6.77. The molecule has 0 heterocycles. The smallest absolute Gasteiger partial charge is 0.0221 e. The second-order valence-electron chi connectivity index (χ2n) is 4.56. The zero-order valence-electron chi connectivity index (χ0n) is 9.34. The van der Waals surface area contributed by atoms with Crippen LogP contribution in [0, 0.1) is 11.8 Å². The third-order valence-electron chi connectivity index (χ3n) is 3.41. The third kappa shape index (κ3) is 3.43. The van der Waals surface area contributed by atoms with Crippen LogP contribution >= 0.6 is 0 Å². The van der Waals surface area contributed by atoms with Crippen molar-refractivity contribution >= 4 is 0 Å². The fourth-order valence-corrected chi connectivity index (χ4v) is 2.37. The lowest BCUT2D eigenvalue weighted by Gasteiger charge is -2.32. The van der Waals surface area contributed by atoms with E-state index < -0.39 is 0 Å². The molecule has 0 bridgehead atoms. The maximum atomic E-state index is 5.78. The fraction of sp³-hybridized carbons (Fsp3) is 0.833. The van der Waals surface area contributed by atoms with Crippen LogP contribution < -0.4 is 11.1 Å². The van der Waals surface area contributed by atoms with Crippen molar-refractivity contribution in [1.29, 1.82) is 0 Å². The maximum absolute atomic E-state index is 5.78. The number of hydrogen-bond acceptors (Lipinski definition) is 2. The van der Waals surface area contributed by atoms with Crippen molar-refractivity contribution in [2.75, 3.05) is 13.1 Å². The van der Waals surface area contributed by atoms with Gasteiger partial charge < -0.3 is 11.1 Å². The maximum Gasteiger partial charge on any atom is 0.0221 e. The molecule has 0 aromatic carbocycles. The van der Waals surface area contributed by atoms with Gasteiger partial charge in [-0.3, -0.25) is 0 Å². The van der Waals surface area contributed by atoms with E-state index in [1.54, 1.807) is 0 Å². The van der Waals surface area contributed by atoms with Crippen molar-refractivity contribution in [3.05, 3.63) is 12.7 Å². The number of nitrogens with one attached hydrogen (secondary N) is 1. The van der Waals surface area contributed by atoms with E-state index in [2.05, 4.69) is 18.8 Å². The minimum Gasteiger partial charge on any atom is -0.329 e. The first-order valence-electron chi connectivity index (χ1n) is 5.82. The zero-order valence-corrected chi connectivity index (χ0v) is 9.34. The molecule has 2 nitrogen and oxygen atoms in total. The lowest BCUT2D eigenvalue weighted by Crippen LogP contribution is -2.43. The Hall–Kier alpha value is -0.340. The Morgan fingerprint density at radius 1 is 1.43 bits per heavy atom. The average Bonchev–Trinajstić information content (AvgIpc) is 2.21. The van der Waals surface area contributed by atoms with Crippen LogP contribution in [0.2, 0.25) is 0 Å². The van der Waals surface area contributed by atoms with Crippen molar-refractivity contribution in [2.24, 2.45) is 17.6 Å². The van der Waals surface area contributed by atoms with Gasteiger partial charge in [-0.15, -0.1) is 6.58 Å². The first-order valence-corrected chi connectivity index (χ1v) is 5.82. The van der Waals surface area contributed by atoms with E-state index in [0.29, 0.717) is 6.04 Å². The van der Waals surface area contributed by atoms with Gasteiger partial charge in [0.15, 0.2) is 0 Å². The van der Waals surface area contributed by atoms with E-state index in [1.165, 1.54) is 25.7 Å². The second kappa shape index (κ2) is 6.20. The summed E-state index contributed by atoms with van der Waals surface area (Å²) in [5.74, 6) is 1.71. The highest BCUT2D eigenvalue weighted by atomic mass is 14.9. The number of nitrogens with two attached hydrogens (primary N) is 1. The SMILES string of the molecule is C=CCNC(CN)C1CCC(C)CC1. The summed E-state index contributed by atoms with van der Waals surface area (Å²) < 4.78 is 0. The van der Waals surface area contributed by atoms with Crippen molar-refractivity contribution in [2.45, 2.75) is 38.6 Å². The lowest BCUT2D eigenvalue weighted by molar-refractivity contribution is 0.236. The molecule has 1 unspecified atom stereocenters. The molecule has 0 aromatic heterocycles. The lowest BCUT2D eigenvalue weighted by atomic mass is 9.79. The van der Waals surface area contributed by atoms with E-state index in [9.17, 15) is 0 Å². The Bertz CT molecular complexity index is 160. The van der Waals surface area contributed by atoms with Crippen LogP contribution in [0.4, 0.5) is 0 Å². The zero-order chi connectivity index (χ0) is 10.4. The third-order valence-corrected chi connectivity index (χ3v) is 3.41. The molecule has 0 aliphatic heterocycles. The quantitative estimate of drug-likeness (QED) is 0.659. The van der Waals surface area contributed by atoms with Crippen molar-refractivity contribution in [3.8, 4) is 0 Å². The second-order valence-corrected chi connectivity index (χ2v) is 4.56. The molecule has 1 aliphatic rings. The Labute approximate surface area is 87.9 Å². The standard InChI is InChI=1S/C12H24N2/c1-3-8-14-12(9-13)11-6-4-10(2)5-7-11/h3,10-12,14H,1,4-9,13H2,2H3. The fourth-order valence-electron chi connectivity index (χ4n) is 2.37. The van der Waals surface area contributed by atoms with Gasteiger partial charge in [-0.1, -0.05) is 25.8 Å². The molecule has 82 valence electrons. The van der Waals surface area contributed by atoms with Crippen LogP contribution in [0.15, 0.2) is 12.7 Å². The molecule has 0 aromatic rings. The van der Waals surface area contributed by atoms with E-state index in [4.69, 9.17) is 5.73 Å². The molecule has 0 spiro atoms. The Morgan fingerprint density at radius 3 is 2.57 bits per heavy atom. The van der Waals surface area contributed by atoms with Gasteiger partial charge in [-0.2, -0.15) is 0 Å². The van der Waals surface area contributed by atoms with Crippen LogP contribution in [0.5, 0.6) is 0 Å². The largest absolute Gasteiger partial charge is 0.329 e. The Kier molecular flexibility index (Phi) is 5.20. The monoisotopic (exact) mass is 196 g/mol. The molecule has 0 amide bonds. The van der Waals surface area contributed by atoms with Gasteiger partial charge in [0.2, 0.25) is 0 Å². The predicted molar refractivity (Wildman–Crippen MR) is 62.2 cm³/mol. The summed E-state index contributed by atoms with van der Waals surface area (Å²) in [7, 11) is 0. The summed E-state index contributed by atoms with van der Waals surface area (Å²) in [6, 6.07) is 0.500.